The summed E-state index contributed by atoms with van der Waals surface area (Å²) in [6.45, 7) is 1.70. The Balaban J connectivity index is 2.39. The molecule has 0 saturated carbocycles. The zero-order chi connectivity index (χ0) is 15.4. The standard InChI is InChI=1S/C16H15NO4/c1-10-12(16(19)20)6-4-7-13(10)17-9-11-5-3-8-14(21-2)15(11)18/h3-9,18H,1-2H3,(H,19,20)/b17-9+. The van der Waals surface area contributed by atoms with Crippen molar-refractivity contribution < 1.29 is 19.7 Å². The Morgan fingerprint density at radius 2 is 1.95 bits per heavy atom. The van der Waals surface area contributed by atoms with Crippen LogP contribution in [-0.4, -0.2) is 29.5 Å². The average Bonchev–Trinajstić information content (AvgIpc) is 2.47. The normalized spacial score (nSPS) is 10.8. The second-order valence-electron chi connectivity index (χ2n) is 4.41. The first-order valence-corrected chi connectivity index (χ1v) is 6.27. The van der Waals surface area contributed by atoms with Gasteiger partial charge in [0, 0.05) is 11.8 Å². The van der Waals surface area contributed by atoms with Gasteiger partial charge >= 0.3 is 5.97 Å². The number of carbonyl (C=O) groups is 1. The smallest absolute Gasteiger partial charge is 0.336 e. The number of aromatic hydroxyl groups is 1. The lowest BCUT2D eigenvalue weighted by molar-refractivity contribution is 0.0696. The molecule has 0 unspecified atom stereocenters. The van der Waals surface area contributed by atoms with Crippen LogP contribution in [0.15, 0.2) is 41.4 Å². The van der Waals surface area contributed by atoms with E-state index < -0.39 is 5.97 Å². The van der Waals surface area contributed by atoms with E-state index >= 15 is 0 Å². The van der Waals surface area contributed by atoms with E-state index in [1.807, 2.05) is 0 Å². The second kappa shape index (κ2) is 6.09. The summed E-state index contributed by atoms with van der Waals surface area (Å²) >= 11 is 0. The van der Waals surface area contributed by atoms with Crippen molar-refractivity contribution in [2.75, 3.05) is 7.11 Å². The van der Waals surface area contributed by atoms with Gasteiger partial charge in [-0.1, -0.05) is 12.1 Å². The third kappa shape index (κ3) is 3.02. The summed E-state index contributed by atoms with van der Waals surface area (Å²) in [7, 11) is 1.47. The topological polar surface area (TPSA) is 79.1 Å². The number of methoxy groups -OCH3 is 1. The number of hydrogen-bond donors (Lipinski definition) is 2. The maximum Gasteiger partial charge on any atom is 0.336 e. The summed E-state index contributed by atoms with van der Waals surface area (Å²) in [5, 5.41) is 19.0. The summed E-state index contributed by atoms with van der Waals surface area (Å²) in [6, 6.07) is 9.95. The quantitative estimate of drug-likeness (QED) is 0.846. The number of benzene rings is 2. The van der Waals surface area contributed by atoms with Crippen LogP contribution >= 0.6 is 0 Å². The first-order chi connectivity index (χ1) is 10.0. The van der Waals surface area contributed by atoms with Crippen molar-refractivity contribution in [2.45, 2.75) is 6.92 Å². The highest BCUT2D eigenvalue weighted by molar-refractivity contribution is 5.92. The highest BCUT2D eigenvalue weighted by Gasteiger charge is 2.09. The molecule has 0 atom stereocenters. The van der Waals surface area contributed by atoms with Crippen LogP contribution in [0.3, 0.4) is 0 Å². The Hall–Kier alpha value is -2.82. The maximum absolute atomic E-state index is 11.1. The van der Waals surface area contributed by atoms with Gasteiger partial charge in [-0.15, -0.1) is 0 Å². The summed E-state index contributed by atoms with van der Waals surface area (Å²) in [4.78, 5) is 15.3. The fraction of sp³-hybridized carbons (Fsp3) is 0.125. The van der Waals surface area contributed by atoms with Crippen LogP contribution in [0.5, 0.6) is 11.5 Å². The summed E-state index contributed by atoms with van der Waals surface area (Å²) in [5.74, 6) is -0.639. The largest absolute Gasteiger partial charge is 0.504 e. The van der Waals surface area contributed by atoms with Gasteiger partial charge in [0.1, 0.15) is 0 Å². The number of carboxylic acids is 1. The van der Waals surface area contributed by atoms with Gasteiger partial charge in [0.05, 0.1) is 18.4 Å². The molecule has 5 heteroatoms. The van der Waals surface area contributed by atoms with Crippen molar-refractivity contribution in [1.29, 1.82) is 0 Å². The minimum absolute atomic E-state index is 0.00390. The Bertz CT molecular complexity index is 707. The van der Waals surface area contributed by atoms with Gasteiger partial charge in [-0.2, -0.15) is 0 Å². The van der Waals surface area contributed by atoms with Gasteiger partial charge in [0.25, 0.3) is 0 Å². The Morgan fingerprint density at radius 3 is 2.62 bits per heavy atom. The van der Waals surface area contributed by atoms with E-state index in [1.54, 1.807) is 37.3 Å². The molecule has 2 rings (SSSR count). The third-order valence-electron chi connectivity index (χ3n) is 3.13. The zero-order valence-electron chi connectivity index (χ0n) is 11.7. The van der Waals surface area contributed by atoms with Crippen molar-refractivity contribution >= 4 is 17.9 Å². The van der Waals surface area contributed by atoms with Crippen molar-refractivity contribution in [2.24, 2.45) is 4.99 Å². The summed E-state index contributed by atoms with van der Waals surface area (Å²) < 4.78 is 5.02. The van der Waals surface area contributed by atoms with E-state index in [0.717, 1.165) is 0 Å². The summed E-state index contributed by atoms with van der Waals surface area (Å²) in [5.41, 5.74) is 1.81. The molecule has 2 aromatic rings. The molecule has 0 heterocycles. The maximum atomic E-state index is 11.1. The number of aromatic carboxylic acids is 1. The van der Waals surface area contributed by atoms with Crippen LogP contribution in [0.1, 0.15) is 21.5 Å². The van der Waals surface area contributed by atoms with Crippen molar-refractivity contribution in [3.05, 3.63) is 53.1 Å². The minimum Gasteiger partial charge on any atom is -0.504 e. The molecule has 21 heavy (non-hydrogen) atoms. The van der Waals surface area contributed by atoms with Gasteiger partial charge < -0.3 is 14.9 Å². The average molecular weight is 285 g/mol. The number of aliphatic imine (C=N–C) groups is 1. The Labute approximate surface area is 122 Å². The van der Waals surface area contributed by atoms with E-state index in [9.17, 15) is 9.90 Å². The molecule has 0 aromatic heterocycles. The molecule has 2 aromatic carbocycles. The molecule has 0 amide bonds. The SMILES string of the molecule is COc1cccc(/C=N/c2cccc(C(=O)O)c2C)c1O. The van der Waals surface area contributed by atoms with E-state index in [4.69, 9.17) is 9.84 Å². The lowest BCUT2D eigenvalue weighted by Crippen LogP contribution is -1.99. The lowest BCUT2D eigenvalue weighted by Gasteiger charge is -2.06. The molecule has 2 N–H and O–H groups in total. The number of ether oxygens (including phenoxy) is 1. The molecular formula is C16H15NO4. The molecule has 0 bridgehead atoms. The van der Waals surface area contributed by atoms with E-state index in [1.165, 1.54) is 19.4 Å². The first kappa shape index (κ1) is 14.6. The monoisotopic (exact) mass is 285 g/mol. The number of phenolic OH excluding ortho intramolecular Hbond substituents is 1. The number of phenols is 1. The molecule has 0 fully saturated rings. The highest BCUT2D eigenvalue weighted by atomic mass is 16.5. The van der Waals surface area contributed by atoms with Gasteiger partial charge in [0.15, 0.2) is 11.5 Å². The molecule has 108 valence electrons. The minimum atomic E-state index is -0.992. The van der Waals surface area contributed by atoms with Crippen LogP contribution in [0.4, 0.5) is 5.69 Å². The fourth-order valence-electron chi connectivity index (χ4n) is 1.94. The predicted molar refractivity (Wildman–Crippen MR) is 80.1 cm³/mol. The summed E-state index contributed by atoms with van der Waals surface area (Å²) in [6.07, 6.45) is 1.48. The number of rotatable bonds is 4. The number of para-hydroxylation sites is 1. The fourth-order valence-corrected chi connectivity index (χ4v) is 1.94. The van der Waals surface area contributed by atoms with Crippen molar-refractivity contribution in [3.8, 4) is 11.5 Å². The lowest BCUT2D eigenvalue weighted by atomic mass is 10.1. The second-order valence-corrected chi connectivity index (χ2v) is 4.41. The van der Waals surface area contributed by atoms with Crippen LogP contribution in [0.25, 0.3) is 0 Å². The van der Waals surface area contributed by atoms with Crippen LogP contribution in [0, 0.1) is 6.92 Å². The molecular weight excluding hydrogens is 270 g/mol. The van der Waals surface area contributed by atoms with Crippen molar-refractivity contribution in [3.63, 3.8) is 0 Å². The van der Waals surface area contributed by atoms with E-state index in [2.05, 4.69) is 4.99 Å². The molecule has 0 radical (unpaired) electrons. The van der Waals surface area contributed by atoms with Crippen LogP contribution < -0.4 is 4.74 Å². The molecule has 0 aliphatic rings. The molecule has 0 saturated heterocycles. The van der Waals surface area contributed by atoms with Gasteiger partial charge in [-0.05, 0) is 36.8 Å². The van der Waals surface area contributed by atoms with Gasteiger partial charge in [0.2, 0.25) is 0 Å². The zero-order valence-corrected chi connectivity index (χ0v) is 11.7. The predicted octanol–water partition coefficient (Wildman–Crippen LogP) is 3.16. The Kier molecular flexibility index (Phi) is 4.23. The molecule has 0 spiro atoms. The number of carboxylic acid groups (broad SMARTS) is 1. The first-order valence-electron chi connectivity index (χ1n) is 6.27. The molecule has 0 aliphatic heterocycles. The van der Waals surface area contributed by atoms with Gasteiger partial charge in [-0.3, -0.25) is 4.99 Å². The molecule has 5 nitrogen and oxygen atoms in total. The number of hydrogen-bond acceptors (Lipinski definition) is 4. The van der Waals surface area contributed by atoms with Crippen LogP contribution in [-0.2, 0) is 0 Å². The number of nitrogens with zero attached hydrogens (tertiary/aromatic N) is 1. The van der Waals surface area contributed by atoms with Crippen LogP contribution in [0.2, 0.25) is 0 Å². The van der Waals surface area contributed by atoms with Gasteiger partial charge in [-0.25, -0.2) is 4.79 Å². The van der Waals surface area contributed by atoms with E-state index in [0.29, 0.717) is 22.6 Å². The Morgan fingerprint density at radius 1 is 1.24 bits per heavy atom. The van der Waals surface area contributed by atoms with E-state index in [-0.39, 0.29) is 11.3 Å². The highest BCUT2D eigenvalue weighted by Crippen LogP contribution is 2.29. The molecule has 0 aliphatic carbocycles. The van der Waals surface area contributed by atoms with Crippen molar-refractivity contribution in [1.82, 2.24) is 0 Å². The third-order valence-corrected chi connectivity index (χ3v) is 3.13.